The van der Waals surface area contributed by atoms with Gasteiger partial charge in [-0.05, 0) is 23.7 Å². The molecule has 0 N–H and O–H groups in total. The molecular weight excluding hydrogens is 272 g/mol. The highest BCUT2D eigenvalue weighted by molar-refractivity contribution is 7.97. The van der Waals surface area contributed by atoms with Crippen LogP contribution >= 0.6 is 0 Å². The van der Waals surface area contributed by atoms with Crippen molar-refractivity contribution in [2.75, 3.05) is 17.3 Å². The summed E-state index contributed by atoms with van der Waals surface area (Å²) in [4.78, 5) is 11.8. The summed E-state index contributed by atoms with van der Waals surface area (Å²) in [6, 6.07) is 9.66. The summed E-state index contributed by atoms with van der Waals surface area (Å²) in [6.45, 7) is 0. The van der Waals surface area contributed by atoms with E-state index in [4.69, 9.17) is 0 Å². The van der Waals surface area contributed by atoms with Gasteiger partial charge in [-0.25, -0.2) is 0 Å². The number of rotatable bonds is 3. The van der Waals surface area contributed by atoms with E-state index in [0.29, 0.717) is 16.7 Å². The number of hydrogen-bond donors (Lipinski definition) is 0. The van der Waals surface area contributed by atoms with E-state index in [0.717, 1.165) is 11.3 Å². The van der Waals surface area contributed by atoms with E-state index in [2.05, 4.69) is 0 Å². The van der Waals surface area contributed by atoms with Gasteiger partial charge in [0.1, 0.15) is 11.5 Å². The van der Waals surface area contributed by atoms with Crippen LogP contribution in [0.5, 0.6) is 0 Å². The normalized spacial score (nSPS) is 16.0. The zero-order chi connectivity index (χ0) is 9.80. The van der Waals surface area contributed by atoms with E-state index in [1.165, 1.54) is 24.3 Å². The Kier molecular flexibility index (Phi) is 5.40. The fourth-order valence-electron chi connectivity index (χ4n) is 1.75. The van der Waals surface area contributed by atoms with Gasteiger partial charge in [-0.15, -0.1) is 0 Å². The topological polar surface area (TPSA) is 17.1 Å². The second-order valence-electron chi connectivity index (χ2n) is 3.66. The average molecular weight is 287 g/mol. The van der Waals surface area contributed by atoms with Gasteiger partial charge in [-0.1, -0.05) is 30.3 Å². The molecular formula is C12H15BrOS. The Morgan fingerprint density at radius 1 is 1.13 bits per heavy atom. The molecule has 1 heterocycles. The molecule has 3 heteroatoms. The molecule has 0 saturated carbocycles. The molecule has 0 aliphatic carbocycles. The van der Waals surface area contributed by atoms with E-state index < -0.39 is 0 Å². The molecule has 1 aliphatic heterocycles. The van der Waals surface area contributed by atoms with Gasteiger partial charge in [0.05, 0.1) is 0 Å². The summed E-state index contributed by atoms with van der Waals surface area (Å²) < 4.78 is 0. The number of halogens is 1. The second kappa shape index (κ2) is 6.33. The molecule has 0 radical (unpaired) electrons. The van der Waals surface area contributed by atoms with Crippen molar-refractivity contribution in [1.29, 1.82) is 0 Å². The van der Waals surface area contributed by atoms with Crippen LogP contribution in [0.2, 0.25) is 0 Å². The third-order valence-electron chi connectivity index (χ3n) is 2.55. The predicted molar refractivity (Wildman–Crippen MR) is 62.0 cm³/mol. The number of benzene rings is 1. The molecule has 82 valence electrons. The molecule has 1 aliphatic rings. The van der Waals surface area contributed by atoms with Crippen LogP contribution in [-0.2, 0) is 10.9 Å². The lowest BCUT2D eigenvalue weighted by molar-refractivity contribution is -0.0000107. The van der Waals surface area contributed by atoms with Crippen molar-refractivity contribution >= 4 is 16.7 Å². The quantitative estimate of drug-likeness (QED) is 0.530. The molecule has 0 amide bonds. The number of carbonyl (C=O) groups is 1. The highest BCUT2D eigenvalue weighted by Crippen LogP contribution is 2.15. The summed E-state index contributed by atoms with van der Waals surface area (Å²) in [7, 11) is 0.393. The molecule has 1 aromatic rings. The van der Waals surface area contributed by atoms with Crippen molar-refractivity contribution in [2.24, 2.45) is 0 Å². The fraction of sp³-hybridized carbons (Fsp3) is 0.417. The minimum absolute atomic E-state index is 0. The molecule has 0 unspecified atom stereocenters. The Balaban J connectivity index is 0.00000112. The summed E-state index contributed by atoms with van der Waals surface area (Å²) in [5, 5.41) is 0. The van der Waals surface area contributed by atoms with Crippen LogP contribution in [0.15, 0.2) is 30.3 Å². The van der Waals surface area contributed by atoms with Gasteiger partial charge < -0.3 is 17.0 Å². The smallest absolute Gasteiger partial charge is 0.211 e. The van der Waals surface area contributed by atoms with Crippen molar-refractivity contribution in [3.8, 4) is 0 Å². The van der Waals surface area contributed by atoms with Crippen molar-refractivity contribution < 1.29 is 21.8 Å². The number of hydrogen-bond acceptors (Lipinski definition) is 1. The lowest BCUT2D eigenvalue weighted by Crippen LogP contribution is -3.00. The van der Waals surface area contributed by atoms with Crippen molar-refractivity contribution in [1.82, 2.24) is 0 Å². The SMILES string of the molecule is O=C(C[S+]1CCCC1)c1ccccc1.[Br-]. The van der Waals surface area contributed by atoms with Crippen LogP contribution in [0.4, 0.5) is 0 Å². The Morgan fingerprint density at radius 3 is 2.33 bits per heavy atom. The van der Waals surface area contributed by atoms with Crippen molar-refractivity contribution in [3.63, 3.8) is 0 Å². The zero-order valence-electron chi connectivity index (χ0n) is 8.62. The van der Waals surface area contributed by atoms with Crippen LogP contribution in [0.25, 0.3) is 0 Å². The van der Waals surface area contributed by atoms with Crippen LogP contribution in [0.1, 0.15) is 23.2 Å². The first-order valence-electron chi connectivity index (χ1n) is 5.08. The van der Waals surface area contributed by atoms with Gasteiger partial charge in [0.15, 0.2) is 5.75 Å². The summed E-state index contributed by atoms with van der Waals surface area (Å²) in [5.74, 6) is 3.66. The van der Waals surface area contributed by atoms with Gasteiger partial charge >= 0.3 is 0 Å². The highest BCUT2D eigenvalue weighted by Gasteiger charge is 2.27. The first-order valence-corrected chi connectivity index (χ1v) is 6.82. The predicted octanol–water partition coefficient (Wildman–Crippen LogP) is -0.715. The van der Waals surface area contributed by atoms with Gasteiger partial charge in [0.25, 0.3) is 0 Å². The summed E-state index contributed by atoms with van der Waals surface area (Å²) in [5.41, 5.74) is 0.881. The molecule has 1 fully saturated rings. The molecule has 0 atom stereocenters. The highest BCUT2D eigenvalue weighted by atomic mass is 79.9. The Bertz CT molecular complexity index is 307. The van der Waals surface area contributed by atoms with Crippen LogP contribution in [0.3, 0.4) is 0 Å². The minimum atomic E-state index is 0. The standard InChI is InChI=1S/C12H15OS.BrH/c13-12(10-14-8-4-5-9-14)11-6-2-1-3-7-11;/h1-3,6-7H,4-5,8-10H2;1H/q+1;/p-1. The monoisotopic (exact) mass is 286 g/mol. The summed E-state index contributed by atoms with van der Waals surface area (Å²) >= 11 is 0. The first-order chi connectivity index (χ1) is 6.86. The zero-order valence-corrected chi connectivity index (χ0v) is 11.0. The third-order valence-corrected chi connectivity index (χ3v) is 4.95. The number of ketones is 1. The number of carbonyl (C=O) groups excluding carboxylic acids is 1. The molecule has 1 nitrogen and oxygen atoms in total. The number of Topliss-reactive ketones (excluding diaryl/α,β-unsaturated/α-hetero) is 1. The lowest BCUT2D eigenvalue weighted by atomic mass is 10.2. The molecule has 0 aromatic heterocycles. The van der Waals surface area contributed by atoms with E-state index in [1.807, 2.05) is 30.3 Å². The maximum atomic E-state index is 11.8. The molecule has 0 bridgehead atoms. The summed E-state index contributed by atoms with van der Waals surface area (Å²) in [6.07, 6.45) is 2.65. The largest absolute Gasteiger partial charge is 1.00 e. The van der Waals surface area contributed by atoms with E-state index in [9.17, 15) is 4.79 Å². The molecule has 15 heavy (non-hydrogen) atoms. The molecule has 2 rings (SSSR count). The Labute approximate surface area is 104 Å². The van der Waals surface area contributed by atoms with Gasteiger partial charge in [-0.2, -0.15) is 0 Å². The van der Waals surface area contributed by atoms with Crippen molar-refractivity contribution in [3.05, 3.63) is 35.9 Å². The van der Waals surface area contributed by atoms with Gasteiger partial charge in [0.2, 0.25) is 5.78 Å². The van der Waals surface area contributed by atoms with E-state index in [-0.39, 0.29) is 17.0 Å². The molecule has 1 aromatic carbocycles. The maximum absolute atomic E-state index is 11.8. The van der Waals surface area contributed by atoms with E-state index in [1.54, 1.807) is 0 Å². The fourth-order valence-corrected chi connectivity index (χ4v) is 4.01. The van der Waals surface area contributed by atoms with Gasteiger partial charge in [0, 0.05) is 5.56 Å². The van der Waals surface area contributed by atoms with Crippen LogP contribution in [-0.4, -0.2) is 23.0 Å². The Hall–Kier alpha value is -0.280. The van der Waals surface area contributed by atoms with Crippen molar-refractivity contribution in [2.45, 2.75) is 12.8 Å². The Morgan fingerprint density at radius 2 is 1.73 bits per heavy atom. The first kappa shape index (κ1) is 12.8. The second-order valence-corrected chi connectivity index (χ2v) is 5.99. The van der Waals surface area contributed by atoms with E-state index >= 15 is 0 Å². The maximum Gasteiger partial charge on any atom is 0.211 e. The lowest BCUT2D eigenvalue weighted by Gasteiger charge is -2.00. The third kappa shape index (κ3) is 3.65. The van der Waals surface area contributed by atoms with Gasteiger partial charge in [-0.3, -0.25) is 4.79 Å². The van der Waals surface area contributed by atoms with Crippen LogP contribution < -0.4 is 17.0 Å². The average Bonchev–Trinajstić information content (AvgIpc) is 2.72. The minimum Gasteiger partial charge on any atom is -1.00 e. The molecule has 0 spiro atoms. The molecule has 1 saturated heterocycles. The van der Waals surface area contributed by atoms with Crippen LogP contribution in [0, 0.1) is 0 Å².